The topological polar surface area (TPSA) is 68.5 Å². The first-order chi connectivity index (χ1) is 14.5. The predicted octanol–water partition coefficient (Wildman–Crippen LogP) is 4.35. The van der Waals surface area contributed by atoms with E-state index in [1.807, 2.05) is 43.3 Å². The van der Waals surface area contributed by atoms with Crippen molar-refractivity contribution in [3.63, 3.8) is 0 Å². The van der Waals surface area contributed by atoms with Crippen LogP contribution in [-0.4, -0.2) is 34.1 Å². The van der Waals surface area contributed by atoms with Crippen molar-refractivity contribution in [1.82, 2.24) is 15.0 Å². The monoisotopic (exact) mass is 405 g/mol. The zero-order valence-electron chi connectivity index (χ0n) is 17.7. The van der Waals surface area contributed by atoms with Crippen LogP contribution in [0, 0.1) is 6.92 Å². The fraction of sp³-hybridized carbons (Fsp3) is 0.375. The molecule has 0 unspecified atom stereocenters. The van der Waals surface area contributed by atoms with Gasteiger partial charge >= 0.3 is 0 Å². The smallest absolute Gasteiger partial charge is 0.263 e. The van der Waals surface area contributed by atoms with Crippen molar-refractivity contribution in [1.29, 1.82) is 0 Å². The number of carbonyl (C=O) groups is 1. The second kappa shape index (κ2) is 8.69. The predicted molar refractivity (Wildman–Crippen MR) is 114 cm³/mol. The lowest BCUT2D eigenvalue weighted by atomic mass is 9.91. The quantitative estimate of drug-likeness (QED) is 0.610. The lowest BCUT2D eigenvalue weighted by molar-refractivity contribution is -0.137. The van der Waals surface area contributed by atoms with Crippen molar-refractivity contribution in [2.45, 2.75) is 52.2 Å². The molecular formula is C24H27N3O3. The van der Waals surface area contributed by atoms with Crippen LogP contribution < -0.4 is 4.74 Å². The summed E-state index contributed by atoms with van der Waals surface area (Å²) in [6.07, 6.45) is 3.86. The van der Waals surface area contributed by atoms with Gasteiger partial charge in [0, 0.05) is 12.6 Å². The summed E-state index contributed by atoms with van der Waals surface area (Å²) in [5, 5.41) is 4.03. The maximum atomic E-state index is 12.8. The molecule has 0 aliphatic heterocycles. The molecule has 2 aromatic carbocycles. The lowest BCUT2D eigenvalue weighted by Crippen LogP contribution is -2.37. The third-order valence-corrected chi connectivity index (χ3v) is 5.53. The summed E-state index contributed by atoms with van der Waals surface area (Å²) in [5.74, 6) is 1.61. The Kier molecular flexibility index (Phi) is 5.84. The first-order valence-corrected chi connectivity index (χ1v) is 10.4. The zero-order valence-corrected chi connectivity index (χ0v) is 17.7. The summed E-state index contributed by atoms with van der Waals surface area (Å²) in [6.45, 7) is 4.05. The molecule has 0 saturated carbocycles. The van der Waals surface area contributed by atoms with E-state index in [2.05, 4.69) is 16.2 Å². The molecule has 1 aliphatic carbocycles. The molecular weight excluding hydrogens is 378 g/mol. The van der Waals surface area contributed by atoms with Crippen molar-refractivity contribution in [2.75, 3.05) is 7.05 Å². The molecule has 0 saturated heterocycles. The Bertz CT molecular complexity index is 1030. The van der Waals surface area contributed by atoms with E-state index in [0.717, 1.165) is 30.6 Å². The summed E-state index contributed by atoms with van der Waals surface area (Å²) in [7, 11) is 1.72. The second-order valence-electron chi connectivity index (χ2n) is 7.93. The van der Waals surface area contributed by atoms with Gasteiger partial charge < -0.3 is 14.2 Å². The van der Waals surface area contributed by atoms with Crippen molar-refractivity contribution < 1.29 is 14.1 Å². The molecule has 156 valence electrons. The largest absolute Gasteiger partial charge is 0.481 e. The number of benzene rings is 2. The standard InChI is InChI=1S/C24H27N3O3/c1-16-11-13-19(14-12-16)23-25-22(30-26-23)15-27(3)24(28)17(2)29-21-10-6-8-18-7-4-5-9-20(18)21/h6,8,10-14,17H,4-5,7,9,15H2,1-3H3/t17-/m1/s1. The van der Waals surface area contributed by atoms with E-state index in [-0.39, 0.29) is 12.5 Å². The molecule has 1 aromatic heterocycles. The fourth-order valence-electron chi connectivity index (χ4n) is 3.83. The average molecular weight is 405 g/mol. The summed E-state index contributed by atoms with van der Waals surface area (Å²) in [5.41, 5.74) is 4.63. The van der Waals surface area contributed by atoms with Gasteiger partial charge in [-0.1, -0.05) is 47.1 Å². The summed E-state index contributed by atoms with van der Waals surface area (Å²) in [4.78, 5) is 18.8. The Morgan fingerprint density at radius 2 is 1.93 bits per heavy atom. The number of likely N-dealkylation sites (N-methyl/N-ethyl adjacent to an activating group) is 1. The summed E-state index contributed by atoms with van der Waals surface area (Å²) < 4.78 is 11.4. The maximum Gasteiger partial charge on any atom is 0.263 e. The number of carbonyl (C=O) groups excluding carboxylic acids is 1. The van der Waals surface area contributed by atoms with Crippen molar-refractivity contribution in [3.8, 4) is 17.1 Å². The molecule has 1 amide bonds. The van der Waals surface area contributed by atoms with E-state index in [9.17, 15) is 4.79 Å². The Morgan fingerprint density at radius 3 is 2.73 bits per heavy atom. The molecule has 0 N–H and O–H groups in total. The zero-order chi connectivity index (χ0) is 21.1. The molecule has 0 fully saturated rings. The van der Waals surface area contributed by atoms with Crippen LogP contribution in [0.1, 0.15) is 42.3 Å². The van der Waals surface area contributed by atoms with E-state index in [4.69, 9.17) is 9.26 Å². The molecule has 0 radical (unpaired) electrons. The van der Waals surface area contributed by atoms with Crippen LogP contribution in [0.25, 0.3) is 11.4 Å². The van der Waals surface area contributed by atoms with E-state index in [1.165, 1.54) is 23.1 Å². The summed E-state index contributed by atoms with van der Waals surface area (Å²) in [6, 6.07) is 14.0. The number of nitrogens with zero attached hydrogens (tertiary/aromatic N) is 3. The van der Waals surface area contributed by atoms with Crippen molar-refractivity contribution in [2.24, 2.45) is 0 Å². The number of ether oxygens (including phenoxy) is 1. The van der Waals surface area contributed by atoms with E-state index in [0.29, 0.717) is 11.7 Å². The van der Waals surface area contributed by atoms with Gasteiger partial charge in [0.05, 0.1) is 6.54 Å². The number of hydrogen-bond donors (Lipinski definition) is 0. The van der Waals surface area contributed by atoms with Crippen LogP contribution in [0.5, 0.6) is 5.75 Å². The second-order valence-corrected chi connectivity index (χ2v) is 7.93. The van der Waals surface area contributed by atoms with Crippen molar-refractivity contribution >= 4 is 5.91 Å². The SMILES string of the molecule is Cc1ccc(-c2noc(CN(C)C(=O)[C@@H](C)Oc3cccc4c3CCCC4)n2)cc1. The van der Waals surface area contributed by atoms with Crippen LogP contribution in [-0.2, 0) is 24.2 Å². The third-order valence-electron chi connectivity index (χ3n) is 5.53. The molecule has 0 bridgehead atoms. The highest BCUT2D eigenvalue weighted by Gasteiger charge is 2.23. The Hall–Kier alpha value is -3.15. The molecule has 0 spiro atoms. The van der Waals surface area contributed by atoms with Gasteiger partial charge in [-0.2, -0.15) is 4.98 Å². The Balaban J connectivity index is 1.40. The van der Waals surface area contributed by atoms with Crippen LogP contribution in [0.3, 0.4) is 0 Å². The van der Waals surface area contributed by atoms with Gasteiger partial charge in [-0.05, 0) is 56.7 Å². The number of fused-ring (bicyclic) bond motifs is 1. The van der Waals surface area contributed by atoms with E-state index < -0.39 is 6.10 Å². The lowest BCUT2D eigenvalue weighted by Gasteiger charge is -2.24. The fourth-order valence-corrected chi connectivity index (χ4v) is 3.83. The van der Waals surface area contributed by atoms with Gasteiger partial charge in [-0.3, -0.25) is 4.79 Å². The van der Waals surface area contributed by atoms with Crippen LogP contribution >= 0.6 is 0 Å². The van der Waals surface area contributed by atoms with Gasteiger partial charge in [0.25, 0.3) is 5.91 Å². The van der Waals surface area contributed by atoms with Crippen LogP contribution in [0.15, 0.2) is 47.0 Å². The van der Waals surface area contributed by atoms with Gasteiger partial charge in [0.15, 0.2) is 6.10 Å². The minimum atomic E-state index is -0.595. The number of hydrogen-bond acceptors (Lipinski definition) is 5. The number of amides is 1. The molecule has 6 heteroatoms. The molecule has 1 aliphatic rings. The van der Waals surface area contributed by atoms with Crippen molar-refractivity contribution in [3.05, 3.63) is 65.0 Å². The molecule has 6 nitrogen and oxygen atoms in total. The Labute approximate surface area is 176 Å². The number of aromatic nitrogens is 2. The highest BCUT2D eigenvalue weighted by Crippen LogP contribution is 2.30. The van der Waals surface area contributed by atoms with Gasteiger partial charge in [0.1, 0.15) is 5.75 Å². The van der Waals surface area contributed by atoms with E-state index >= 15 is 0 Å². The number of aryl methyl sites for hydroxylation is 2. The first-order valence-electron chi connectivity index (χ1n) is 10.4. The minimum Gasteiger partial charge on any atom is -0.481 e. The minimum absolute atomic E-state index is 0.126. The molecule has 1 atom stereocenters. The molecule has 30 heavy (non-hydrogen) atoms. The van der Waals surface area contributed by atoms with Gasteiger partial charge in [-0.25, -0.2) is 0 Å². The van der Waals surface area contributed by atoms with E-state index in [1.54, 1.807) is 18.9 Å². The molecule has 1 heterocycles. The first kappa shape index (κ1) is 20.1. The highest BCUT2D eigenvalue weighted by atomic mass is 16.5. The van der Waals surface area contributed by atoms with Crippen LogP contribution in [0.4, 0.5) is 0 Å². The normalized spacial score (nSPS) is 14.1. The highest BCUT2D eigenvalue weighted by molar-refractivity contribution is 5.80. The summed E-state index contributed by atoms with van der Waals surface area (Å²) >= 11 is 0. The van der Waals surface area contributed by atoms with Crippen LogP contribution in [0.2, 0.25) is 0 Å². The average Bonchev–Trinajstić information content (AvgIpc) is 3.22. The third kappa shape index (κ3) is 4.37. The van der Waals surface area contributed by atoms with Gasteiger partial charge in [-0.15, -0.1) is 0 Å². The van der Waals surface area contributed by atoms with Gasteiger partial charge in [0.2, 0.25) is 11.7 Å². The molecule has 4 rings (SSSR count). The maximum absolute atomic E-state index is 12.8. The number of rotatable bonds is 6. The Morgan fingerprint density at radius 1 is 1.17 bits per heavy atom. The molecule has 3 aromatic rings.